The van der Waals surface area contributed by atoms with Crippen molar-refractivity contribution in [3.8, 4) is 0 Å². The SMILES string of the molecule is NC(Cc1ccc(Br)s1)c1cccc(Br)c1Cl. The van der Waals surface area contributed by atoms with E-state index < -0.39 is 0 Å². The maximum Gasteiger partial charge on any atom is 0.0701 e. The zero-order valence-corrected chi connectivity index (χ0v) is 13.5. The molecule has 0 saturated carbocycles. The first-order valence-electron chi connectivity index (χ1n) is 5.01. The molecule has 0 aliphatic carbocycles. The van der Waals surface area contributed by atoms with Gasteiger partial charge in [-0.3, -0.25) is 0 Å². The van der Waals surface area contributed by atoms with Crippen LogP contribution in [0, 0.1) is 0 Å². The van der Waals surface area contributed by atoms with Crippen LogP contribution in [0.25, 0.3) is 0 Å². The quantitative estimate of drug-likeness (QED) is 0.762. The molecule has 0 fully saturated rings. The Bertz CT molecular complexity index is 527. The summed E-state index contributed by atoms with van der Waals surface area (Å²) in [5, 5.41) is 0.704. The summed E-state index contributed by atoms with van der Waals surface area (Å²) in [7, 11) is 0. The second kappa shape index (κ2) is 5.85. The van der Waals surface area contributed by atoms with Crippen LogP contribution < -0.4 is 5.73 Å². The third-order valence-electron chi connectivity index (χ3n) is 2.43. The molecule has 0 aliphatic heterocycles. The monoisotopic (exact) mass is 393 g/mol. The lowest BCUT2D eigenvalue weighted by atomic mass is 10.0. The Kier molecular flexibility index (Phi) is 4.66. The molecule has 0 bridgehead atoms. The first-order chi connectivity index (χ1) is 8.08. The van der Waals surface area contributed by atoms with E-state index in [0.717, 1.165) is 20.2 Å². The molecular formula is C12H10Br2ClNS. The Morgan fingerprint density at radius 3 is 2.65 bits per heavy atom. The number of rotatable bonds is 3. The number of thiophene rings is 1. The molecular weight excluding hydrogens is 385 g/mol. The molecule has 1 nitrogen and oxygen atoms in total. The van der Waals surface area contributed by atoms with E-state index in [-0.39, 0.29) is 6.04 Å². The third kappa shape index (κ3) is 3.32. The minimum atomic E-state index is -0.0782. The number of halogens is 3. The number of nitrogens with two attached hydrogens (primary N) is 1. The lowest BCUT2D eigenvalue weighted by Gasteiger charge is -2.13. The standard InChI is InChI=1S/C12H10Br2ClNS/c13-9-3-1-2-8(12(9)15)10(16)6-7-4-5-11(14)17-7/h1-5,10H,6,16H2. The summed E-state index contributed by atoms with van der Waals surface area (Å²) < 4.78 is 2.01. The number of benzene rings is 1. The molecule has 0 amide bonds. The van der Waals surface area contributed by atoms with Crippen molar-refractivity contribution < 1.29 is 0 Å². The van der Waals surface area contributed by atoms with Gasteiger partial charge in [0.05, 0.1) is 8.81 Å². The Morgan fingerprint density at radius 2 is 2.00 bits per heavy atom. The molecule has 1 heterocycles. The Balaban J connectivity index is 2.20. The zero-order valence-electron chi connectivity index (χ0n) is 8.79. The van der Waals surface area contributed by atoms with Crippen LogP contribution >= 0.6 is 54.8 Å². The third-order valence-corrected chi connectivity index (χ3v) is 5.39. The van der Waals surface area contributed by atoms with E-state index in [1.807, 2.05) is 24.3 Å². The lowest BCUT2D eigenvalue weighted by Crippen LogP contribution is -2.13. The van der Waals surface area contributed by atoms with E-state index >= 15 is 0 Å². The molecule has 17 heavy (non-hydrogen) atoms. The molecule has 1 aromatic heterocycles. The minimum absolute atomic E-state index is 0.0782. The summed E-state index contributed by atoms with van der Waals surface area (Å²) in [5.41, 5.74) is 7.17. The van der Waals surface area contributed by atoms with Gasteiger partial charge in [-0.2, -0.15) is 0 Å². The molecule has 2 rings (SSSR count). The van der Waals surface area contributed by atoms with Crippen LogP contribution in [0.5, 0.6) is 0 Å². The summed E-state index contributed by atoms with van der Waals surface area (Å²) in [4.78, 5) is 1.25. The highest BCUT2D eigenvalue weighted by atomic mass is 79.9. The maximum atomic E-state index is 6.23. The van der Waals surface area contributed by atoms with Crippen LogP contribution in [0.4, 0.5) is 0 Å². The molecule has 2 N–H and O–H groups in total. The van der Waals surface area contributed by atoms with E-state index in [2.05, 4.69) is 37.9 Å². The average Bonchev–Trinajstić information content (AvgIpc) is 2.68. The van der Waals surface area contributed by atoms with Gasteiger partial charge in [-0.15, -0.1) is 11.3 Å². The average molecular weight is 396 g/mol. The van der Waals surface area contributed by atoms with Crippen LogP contribution in [-0.4, -0.2) is 0 Å². The molecule has 1 aromatic carbocycles. The Labute approximate surface area is 126 Å². The predicted molar refractivity (Wildman–Crippen MR) is 81.8 cm³/mol. The van der Waals surface area contributed by atoms with E-state index in [1.54, 1.807) is 11.3 Å². The summed E-state index contributed by atoms with van der Waals surface area (Å²) >= 11 is 14.8. The fourth-order valence-corrected chi connectivity index (χ4v) is 3.78. The summed E-state index contributed by atoms with van der Waals surface area (Å²) in [6.45, 7) is 0. The second-order valence-electron chi connectivity index (χ2n) is 3.66. The van der Waals surface area contributed by atoms with Gasteiger partial charge in [-0.1, -0.05) is 23.7 Å². The van der Waals surface area contributed by atoms with Crippen molar-refractivity contribution in [1.29, 1.82) is 0 Å². The molecule has 90 valence electrons. The summed E-state index contributed by atoms with van der Waals surface area (Å²) in [6.07, 6.45) is 0.798. The van der Waals surface area contributed by atoms with E-state index in [4.69, 9.17) is 17.3 Å². The van der Waals surface area contributed by atoms with Crippen molar-refractivity contribution in [1.82, 2.24) is 0 Å². The first kappa shape index (κ1) is 13.6. The van der Waals surface area contributed by atoms with Gasteiger partial charge in [0, 0.05) is 21.8 Å². The molecule has 1 unspecified atom stereocenters. The van der Waals surface area contributed by atoms with Crippen molar-refractivity contribution in [2.45, 2.75) is 12.5 Å². The van der Waals surface area contributed by atoms with Gasteiger partial charge >= 0.3 is 0 Å². The van der Waals surface area contributed by atoms with E-state index in [0.29, 0.717) is 5.02 Å². The highest BCUT2D eigenvalue weighted by molar-refractivity contribution is 9.11. The number of hydrogen-bond donors (Lipinski definition) is 1. The molecule has 1 atom stereocenters. The largest absolute Gasteiger partial charge is 0.324 e. The van der Waals surface area contributed by atoms with Gasteiger partial charge in [-0.25, -0.2) is 0 Å². The van der Waals surface area contributed by atoms with Crippen molar-refractivity contribution in [2.24, 2.45) is 5.73 Å². The fourth-order valence-electron chi connectivity index (χ4n) is 1.59. The minimum Gasteiger partial charge on any atom is -0.324 e. The van der Waals surface area contributed by atoms with Crippen LogP contribution in [-0.2, 0) is 6.42 Å². The highest BCUT2D eigenvalue weighted by Gasteiger charge is 2.13. The zero-order chi connectivity index (χ0) is 12.4. The molecule has 5 heteroatoms. The van der Waals surface area contributed by atoms with Gasteiger partial charge in [-0.05, 0) is 55.6 Å². The van der Waals surface area contributed by atoms with Gasteiger partial charge in [0.15, 0.2) is 0 Å². The first-order valence-corrected chi connectivity index (χ1v) is 7.79. The fraction of sp³-hybridized carbons (Fsp3) is 0.167. The molecule has 0 aliphatic rings. The van der Waals surface area contributed by atoms with Crippen LogP contribution in [0.3, 0.4) is 0 Å². The predicted octanol–water partition coefficient (Wildman–Crippen LogP) is 5.17. The van der Waals surface area contributed by atoms with Crippen molar-refractivity contribution in [3.63, 3.8) is 0 Å². The van der Waals surface area contributed by atoms with Gasteiger partial charge in [0.25, 0.3) is 0 Å². The van der Waals surface area contributed by atoms with Gasteiger partial charge < -0.3 is 5.73 Å². The van der Waals surface area contributed by atoms with E-state index in [9.17, 15) is 0 Å². The van der Waals surface area contributed by atoms with Gasteiger partial charge in [0.1, 0.15) is 0 Å². The molecule has 2 aromatic rings. The second-order valence-corrected chi connectivity index (χ2v) is 7.44. The maximum absolute atomic E-state index is 6.23. The summed E-state index contributed by atoms with van der Waals surface area (Å²) in [6, 6.07) is 9.89. The molecule has 0 radical (unpaired) electrons. The van der Waals surface area contributed by atoms with Crippen LogP contribution in [0.15, 0.2) is 38.6 Å². The van der Waals surface area contributed by atoms with Crippen LogP contribution in [0.2, 0.25) is 5.02 Å². The lowest BCUT2D eigenvalue weighted by molar-refractivity contribution is 0.730. The summed E-state index contributed by atoms with van der Waals surface area (Å²) in [5.74, 6) is 0. The Hall–Kier alpha value is 0.130. The molecule has 0 saturated heterocycles. The van der Waals surface area contributed by atoms with Crippen molar-refractivity contribution in [3.05, 3.63) is 54.1 Å². The van der Waals surface area contributed by atoms with Crippen molar-refractivity contribution in [2.75, 3.05) is 0 Å². The highest BCUT2D eigenvalue weighted by Crippen LogP contribution is 2.32. The van der Waals surface area contributed by atoms with Crippen LogP contribution in [0.1, 0.15) is 16.5 Å². The topological polar surface area (TPSA) is 26.0 Å². The van der Waals surface area contributed by atoms with E-state index in [1.165, 1.54) is 4.88 Å². The Morgan fingerprint density at radius 1 is 1.24 bits per heavy atom. The number of hydrogen-bond acceptors (Lipinski definition) is 2. The molecule has 0 spiro atoms. The van der Waals surface area contributed by atoms with Gasteiger partial charge in [0.2, 0.25) is 0 Å². The van der Waals surface area contributed by atoms with Crippen molar-refractivity contribution >= 4 is 54.8 Å². The normalized spacial score (nSPS) is 12.7. The smallest absolute Gasteiger partial charge is 0.0701 e.